The first-order valence-electron chi connectivity index (χ1n) is 5.32. The fourth-order valence-electron chi connectivity index (χ4n) is 2.67. The summed E-state index contributed by atoms with van der Waals surface area (Å²) >= 11 is 0. The van der Waals surface area contributed by atoms with Crippen LogP contribution in [0.5, 0.6) is 0 Å². The van der Waals surface area contributed by atoms with E-state index in [0.717, 1.165) is 24.3 Å². The van der Waals surface area contributed by atoms with Gasteiger partial charge < -0.3 is 11.1 Å². The van der Waals surface area contributed by atoms with E-state index in [0.29, 0.717) is 0 Å². The van der Waals surface area contributed by atoms with Crippen molar-refractivity contribution in [3.8, 4) is 0 Å². The standard InChI is InChI=1S/C10H20N2/c11-4-1-9-7-10(9)8-2-5-12-6-3-8/h8-10,12H,1-7,11H2/t9-,10-/m1/s1. The van der Waals surface area contributed by atoms with Gasteiger partial charge in [-0.1, -0.05) is 0 Å². The molecule has 0 amide bonds. The van der Waals surface area contributed by atoms with Crippen LogP contribution in [-0.4, -0.2) is 19.6 Å². The number of nitrogens with one attached hydrogen (secondary N) is 1. The molecule has 1 aliphatic heterocycles. The Hall–Kier alpha value is -0.0800. The van der Waals surface area contributed by atoms with Gasteiger partial charge in [-0.2, -0.15) is 0 Å². The molecule has 70 valence electrons. The van der Waals surface area contributed by atoms with Crippen LogP contribution in [0.1, 0.15) is 25.7 Å². The van der Waals surface area contributed by atoms with Crippen LogP contribution >= 0.6 is 0 Å². The molecular weight excluding hydrogens is 148 g/mol. The minimum Gasteiger partial charge on any atom is -0.330 e. The Balaban J connectivity index is 1.72. The predicted octanol–water partition coefficient (Wildman–Crippen LogP) is 0.971. The molecule has 0 aromatic heterocycles. The van der Waals surface area contributed by atoms with Crippen LogP contribution in [0.3, 0.4) is 0 Å². The van der Waals surface area contributed by atoms with E-state index in [-0.39, 0.29) is 0 Å². The van der Waals surface area contributed by atoms with Crippen LogP contribution in [0.25, 0.3) is 0 Å². The Labute approximate surface area is 74.9 Å². The maximum atomic E-state index is 5.55. The van der Waals surface area contributed by atoms with E-state index in [2.05, 4.69) is 5.32 Å². The lowest BCUT2D eigenvalue weighted by atomic mass is 9.91. The second-order valence-corrected chi connectivity index (χ2v) is 4.32. The van der Waals surface area contributed by atoms with Crippen molar-refractivity contribution in [1.82, 2.24) is 5.32 Å². The minimum absolute atomic E-state index is 0.895. The van der Waals surface area contributed by atoms with Crippen LogP contribution in [0.4, 0.5) is 0 Å². The Morgan fingerprint density at radius 1 is 1.25 bits per heavy atom. The smallest absolute Gasteiger partial charge is 0.00462 e. The minimum atomic E-state index is 0.895. The first kappa shape index (κ1) is 8.52. The molecule has 1 saturated heterocycles. The second kappa shape index (κ2) is 3.75. The zero-order valence-corrected chi connectivity index (χ0v) is 7.76. The zero-order valence-electron chi connectivity index (χ0n) is 7.76. The lowest BCUT2D eigenvalue weighted by Gasteiger charge is -2.22. The molecule has 2 atom stereocenters. The molecule has 0 unspecified atom stereocenters. The lowest BCUT2D eigenvalue weighted by Crippen LogP contribution is -2.29. The normalized spacial score (nSPS) is 36.8. The van der Waals surface area contributed by atoms with Gasteiger partial charge in [0.05, 0.1) is 0 Å². The highest BCUT2D eigenvalue weighted by atomic mass is 14.9. The lowest BCUT2D eigenvalue weighted by molar-refractivity contribution is 0.322. The third-order valence-corrected chi connectivity index (χ3v) is 3.50. The monoisotopic (exact) mass is 168 g/mol. The van der Waals surface area contributed by atoms with Crippen molar-refractivity contribution in [3.05, 3.63) is 0 Å². The van der Waals surface area contributed by atoms with E-state index in [1.807, 2.05) is 0 Å². The molecule has 0 bridgehead atoms. The first-order chi connectivity index (χ1) is 5.92. The van der Waals surface area contributed by atoms with Gasteiger partial charge in [0, 0.05) is 0 Å². The molecule has 12 heavy (non-hydrogen) atoms. The topological polar surface area (TPSA) is 38.0 Å². The van der Waals surface area contributed by atoms with E-state index in [9.17, 15) is 0 Å². The van der Waals surface area contributed by atoms with E-state index in [1.165, 1.54) is 38.8 Å². The van der Waals surface area contributed by atoms with Crippen LogP contribution in [0.15, 0.2) is 0 Å². The zero-order chi connectivity index (χ0) is 8.39. The number of hydrogen-bond donors (Lipinski definition) is 2. The third-order valence-electron chi connectivity index (χ3n) is 3.50. The van der Waals surface area contributed by atoms with Gasteiger partial charge in [-0.3, -0.25) is 0 Å². The highest BCUT2D eigenvalue weighted by Gasteiger charge is 2.41. The second-order valence-electron chi connectivity index (χ2n) is 4.32. The molecule has 2 fully saturated rings. The summed E-state index contributed by atoms with van der Waals surface area (Å²) in [6, 6.07) is 0. The quantitative estimate of drug-likeness (QED) is 0.659. The number of hydrogen-bond acceptors (Lipinski definition) is 2. The van der Waals surface area contributed by atoms with Gasteiger partial charge in [-0.05, 0) is 63.1 Å². The van der Waals surface area contributed by atoms with Gasteiger partial charge in [0.15, 0.2) is 0 Å². The van der Waals surface area contributed by atoms with Crippen molar-refractivity contribution in [2.75, 3.05) is 19.6 Å². The highest BCUT2D eigenvalue weighted by Crippen LogP contribution is 2.48. The predicted molar refractivity (Wildman–Crippen MR) is 50.9 cm³/mol. The van der Waals surface area contributed by atoms with Crippen LogP contribution < -0.4 is 11.1 Å². The average Bonchev–Trinajstić information content (AvgIpc) is 2.87. The van der Waals surface area contributed by atoms with Crippen LogP contribution in [-0.2, 0) is 0 Å². The fourth-order valence-corrected chi connectivity index (χ4v) is 2.67. The van der Waals surface area contributed by atoms with Gasteiger partial charge >= 0.3 is 0 Å². The van der Waals surface area contributed by atoms with Gasteiger partial charge in [0.25, 0.3) is 0 Å². The largest absolute Gasteiger partial charge is 0.330 e. The van der Waals surface area contributed by atoms with E-state index >= 15 is 0 Å². The summed E-state index contributed by atoms with van der Waals surface area (Å²) in [5.74, 6) is 3.08. The summed E-state index contributed by atoms with van der Waals surface area (Å²) in [5, 5.41) is 3.42. The first-order valence-corrected chi connectivity index (χ1v) is 5.32. The summed E-state index contributed by atoms with van der Waals surface area (Å²) in [6.45, 7) is 3.39. The van der Waals surface area contributed by atoms with Crippen molar-refractivity contribution in [1.29, 1.82) is 0 Å². The van der Waals surface area contributed by atoms with Gasteiger partial charge in [-0.25, -0.2) is 0 Å². The van der Waals surface area contributed by atoms with Crippen molar-refractivity contribution >= 4 is 0 Å². The van der Waals surface area contributed by atoms with Crippen molar-refractivity contribution in [2.24, 2.45) is 23.5 Å². The SMILES string of the molecule is NCC[C@@H]1C[C@@H]1C1CCNCC1. The molecule has 0 aromatic carbocycles. The molecule has 1 saturated carbocycles. The summed E-state index contributed by atoms with van der Waals surface area (Å²) in [6.07, 6.45) is 5.56. The summed E-state index contributed by atoms with van der Waals surface area (Å²) < 4.78 is 0. The van der Waals surface area contributed by atoms with E-state index < -0.39 is 0 Å². The molecule has 2 aliphatic rings. The van der Waals surface area contributed by atoms with Gasteiger partial charge in [-0.15, -0.1) is 0 Å². The maximum Gasteiger partial charge on any atom is -0.00462 e. The fraction of sp³-hybridized carbons (Fsp3) is 1.00. The highest BCUT2D eigenvalue weighted by molar-refractivity contribution is 4.92. The van der Waals surface area contributed by atoms with Crippen molar-refractivity contribution < 1.29 is 0 Å². The molecule has 0 spiro atoms. The molecule has 2 rings (SSSR count). The summed E-state index contributed by atoms with van der Waals surface area (Å²) in [5.41, 5.74) is 5.55. The number of nitrogens with two attached hydrogens (primary N) is 1. The molecule has 2 heteroatoms. The summed E-state index contributed by atoms with van der Waals surface area (Å²) in [4.78, 5) is 0. The summed E-state index contributed by atoms with van der Waals surface area (Å²) in [7, 11) is 0. The average molecular weight is 168 g/mol. The van der Waals surface area contributed by atoms with Gasteiger partial charge in [0.2, 0.25) is 0 Å². The van der Waals surface area contributed by atoms with E-state index in [1.54, 1.807) is 0 Å². The third kappa shape index (κ3) is 1.80. The number of piperidine rings is 1. The molecule has 1 aliphatic carbocycles. The Kier molecular flexibility index (Phi) is 2.66. The Bertz CT molecular complexity index is 141. The van der Waals surface area contributed by atoms with E-state index in [4.69, 9.17) is 5.73 Å². The Morgan fingerprint density at radius 2 is 2.00 bits per heavy atom. The van der Waals surface area contributed by atoms with Crippen LogP contribution in [0.2, 0.25) is 0 Å². The van der Waals surface area contributed by atoms with Crippen molar-refractivity contribution in [2.45, 2.75) is 25.7 Å². The molecule has 0 aromatic rings. The molecule has 3 N–H and O–H groups in total. The molecule has 2 nitrogen and oxygen atoms in total. The van der Waals surface area contributed by atoms with Crippen LogP contribution in [0, 0.1) is 17.8 Å². The molecular formula is C10H20N2. The van der Waals surface area contributed by atoms with Crippen molar-refractivity contribution in [3.63, 3.8) is 0 Å². The molecule has 0 radical (unpaired) electrons. The Morgan fingerprint density at radius 3 is 2.67 bits per heavy atom. The van der Waals surface area contributed by atoms with Gasteiger partial charge in [0.1, 0.15) is 0 Å². The maximum absolute atomic E-state index is 5.55. The number of rotatable bonds is 3. The molecule has 1 heterocycles.